The van der Waals surface area contributed by atoms with E-state index in [1.807, 2.05) is 0 Å². The fourth-order valence-corrected chi connectivity index (χ4v) is 2.77. The van der Waals surface area contributed by atoms with Crippen LogP contribution in [-0.2, 0) is 5.41 Å². The zero-order valence-corrected chi connectivity index (χ0v) is 14.0. The van der Waals surface area contributed by atoms with Gasteiger partial charge in [-0.3, -0.25) is 40.5 Å². The van der Waals surface area contributed by atoms with Crippen molar-refractivity contribution in [3.05, 3.63) is 88.0 Å². The van der Waals surface area contributed by atoms with E-state index in [9.17, 15) is 40.5 Å². The standard InChI is InChI=1S/C15H12N4O8/c1-15(2,11-5-3-9(16(20)21)7-13(11)18(24)25)12-6-4-10(17(22)23)8-14(12)19(26)27/h3-8H,1-2H3. The lowest BCUT2D eigenvalue weighted by atomic mass is 9.76. The summed E-state index contributed by atoms with van der Waals surface area (Å²) in [7, 11) is 0. The molecule has 0 atom stereocenters. The van der Waals surface area contributed by atoms with Crippen LogP contribution in [0.1, 0.15) is 25.0 Å². The normalized spacial score (nSPS) is 11.0. The first-order valence-electron chi connectivity index (χ1n) is 7.33. The largest absolute Gasteiger partial charge is 0.280 e. The Morgan fingerprint density at radius 2 is 0.963 bits per heavy atom. The van der Waals surface area contributed by atoms with E-state index >= 15 is 0 Å². The summed E-state index contributed by atoms with van der Waals surface area (Å²) in [6.45, 7) is 2.91. The van der Waals surface area contributed by atoms with Gasteiger partial charge < -0.3 is 0 Å². The molecule has 140 valence electrons. The Hall–Kier alpha value is -3.96. The third-order valence-corrected chi connectivity index (χ3v) is 4.12. The summed E-state index contributed by atoms with van der Waals surface area (Å²) in [5.41, 5.74) is -3.51. The molecule has 0 amide bonds. The SMILES string of the molecule is CC(C)(c1ccc([N+](=O)[O-])cc1[N+](=O)[O-])c1ccc([N+](=O)[O-])cc1[N+](=O)[O-]. The molecule has 12 nitrogen and oxygen atoms in total. The molecule has 0 spiro atoms. The molecule has 0 bridgehead atoms. The second kappa shape index (κ2) is 6.74. The Morgan fingerprint density at radius 3 is 1.22 bits per heavy atom. The van der Waals surface area contributed by atoms with Gasteiger partial charge in [0.1, 0.15) is 0 Å². The lowest BCUT2D eigenvalue weighted by Crippen LogP contribution is -2.22. The van der Waals surface area contributed by atoms with Gasteiger partial charge in [0.2, 0.25) is 0 Å². The van der Waals surface area contributed by atoms with Gasteiger partial charge in [-0.05, 0) is 12.1 Å². The quantitative estimate of drug-likeness (QED) is 0.542. The first kappa shape index (κ1) is 19.4. The van der Waals surface area contributed by atoms with Crippen molar-refractivity contribution < 1.29 is 19.7 Å². The highest BCUT2D eigenvalue weighted by atomic mass is 16.6. The summed E-state index contributed by atoms with van der Waals surface area (Å²) >= 11 is 0. The average molecular weight is 376 g/mol. The van der Waals surface area contributed by atoms with Crippen molar-refractivity contribution in [2.75, 3.05) is 0 Å². The summed E-state index contributed by atoms with van der Waals surface area (Å²) in [5.74, 6) is 0. The highest BCUT2D eigenvalue weighted by molar-refractivity contribution is 5.60. The number of nitro groups is 4. The molecule has 2 aromatic rings. The molecule has 0 aromatic heterocycles. The minimum Gasteiger partial charge on any atom is -0.258 e. The van der Waals surface area contributed by atoms with Crippen molar-refractivity contribution in [2.45, 2.75) is 19.3 Å². The first-order valence-corrected chi connectivity index (χ1v) is 7.33. The average Bonchev–Trinajstić information content (AvgIpc) is 2.60. The number of benzene rings is 2. The topological polar surface area (TPSA) is 173 Å². The molecule has 0 N–H and O–H groups in total. The molecule has 0 aliphatic carbocycles. The van der Waals surface area contributed by atoms with Crippen molar-refractivity contribution in [3.8, 4) is 0 Å². The van der Waals surface area contributed by atoms with E-state index in [4.69, 9.17) is 0 Å². The molecule has 27 heavy (non-hydrogen) atoms. The smallest absolute Gasteiger partial charge is 0.258 e. The molecular weight excluding hydrogens is 364 g/mol. The summed E-state index contributed by atoms with van der Waals surface area (Å²) in [4.78, 5) is 41.3. The van der Waals surface area contributed by atoms with Gasteiger partial charge in [-0.15, -0.1) is 0 Å². The van der Waals surface area contributed by atoms with Gasteiger partial charge in [0.25, 0.3) is 22.7 Å². The zero-order valence-electron chi connectivity index (χ0n) is 14.0. The van der Waals surface area contributed by atoms with Crippen LogP contribution < -0.4 is 0 Å². The molecule has 0 heterocycles. The highest BCUT2D eigenvalue weighted by Crippen LogP contribution is 2.43. The molecular formula is C15H12N4O8. The second-order valence-electron chi connectivity index (χ2n) is 6.06. The number of hydrogen-bond acceptors (Lipinski definition) is 8. The van der Waals surface area contributed by atoms with Gasteiger partial charge in [-0.2, -0.15) is 0 Å². The van der Waals surface area contributed by atoms with Gasteiger partial charge in [0.15, 0.2) is 0 Å². The van der Waals surface area contributed by atoms with E-state index in [0.29, 0.717) is 0 Å². The Labute approximate surface area is 150 Å². The van der Waals surface area contributed by atoms with Gasteiger partial charge in [0.05, 0.1) is 31.8 Å². The van der Waals surface area contributed by atoms with Gasteiger partial charge in [-0.1, -0.05) is 13.8 Å². The fraction of sp³-hybridized carbons (Fsp3) is 0.200. The number of rotatable bonds is 6. The predicted octanol–water partition coefficient (Wildman–Crippen LogP) is 3.65. The summed E-state index contributed by atoms with van der Waals surface area (Å²) in [6, 6.07) is 5.97. The lowest BCUT2D eigenvalue weighted by molar-refractivity contribution is -0.395. The molecule has 0 radical (unpaired) electrons. The van der Waals surface area contributed by atoms with Gasteiger partial charge in [0, 0.05) is 28.7 Å². The molecule has 0 saturated heterocycles. The number of nitro benzene ring substituents is 4. The van der Waals surface area contributed by atoms with Crippen molar-refractivity contribution in [1.82, 2.24) is 0 Å². The monoisotopic (exact) mass is 376 g/mol. The van der Waals surface area contributed by atoms with Crippen LogP contribution in [0.15, 0.2) is 36.4 Å². The molecule has 12 heteroatoms. The van der Waals surface area contributed by atoms with Crippen LogP contribution in [0.2, 0.25) is 0 Å². The van der Waals surface area contributed by atoms with E-state index in [-0.39, 0.29) is 11.1 Å². The Balaban J connectivity index is 2.76. The molecule has 0 aliphatic heterocycles. The molecule has 2 aromatic carbocycles. The number of non-ortho nitro benzene ring substituents is 2. The first-order chi connectivity index (χ1) is 12.5. The van der Waals surface area contributed by atoms with Crippen molar-refractivity contribution in [3.63, 3.8) is 0 Å². The molecule has 0 fully saturated rings. The van der Waals surface area contributed by atoms with Crippen LogP contribution in [-0.4, -0.2) is 19.7 Å². The van der Waals surface area contributed by atoms with Crippen molar-refractivity contribution >= 4 is 22.7 Å². The molecule has 0 unspecified atom stereocenters. The fourth-order valence-electron chi connectivity index (χ4n) is 2.77. The van der Waals surface area contributed by atoms with Crippen molar-refractivity contribution in [1.29, 1.82) is 0 Å². The summed E-state index contributed by atoms with van der Waals surface area (Å²) in [5, 5.41) is 44.6. The highest BCUT2D eigenvalue weighted by Gasteiger charge is 2.37. The lowest BCUT2D eigenvalue weighted by Gasteiger charge is -2.25. The Bertz CT molecular complexity index is 908. The van der Waals surface area contributed by atoms with Gasteiger partial charge >= 0.3 is 0 Å². The minimum atomic E-state index is -1.34. The maximum atomic E-state index is 11.4. The van der Waals surface area contributed by atoms with Gasteiger partial charge in [-0.25, -0.2) is 0 Å². The molecule has 2 rings (SSSR count). The van der Waals surface area contributed by atoms with E-state index in [1.165, 1.54) is 13.8 Å². The summed E-state index contributed by atoms with van der Waals surface area (Å²) in [6.07, 6.45) is 0. The van der Waals surface area contributed by atoms with E-state index < -0.39 is 47.9 Å². The summed E-state index contributed by atoms with van der Waals surface area (Å²) < 4.78 is 0. The number of hydrogen-bond donors (Lipinski definition) is 0. The Morgan fingerprint density at radius 1 is 0.630 bits per heavy atom. The number of nitrogens with zero attached hydrogens (tertiary/aromatic N) is 4. The van der Waals surface area contributed by atoms with E-state index in [1.54, 1.807) is 0 Å². The van der Waals surface area contributed by atoms with Crippen LogP contribution in [0.3, 0.4) is 0 Å². The molecule has 0 saturated carbocycles. The van der Waals surface area contributed by atoms with Crippen molar-refractivity contribution in [2.24, 2.45) is 0 Å². The van der Waals surface area contributed by atoms with E-state index in [2.05, 4.69) is 0 Å². The predicted molar refractivity (Wildman–Crippen MR) is 91.6 cm³/mol. The maximum Gasteiger partial charge on any atom is 0.280 e. The molecule has 0 aliphatic rings. The Kier molecular flexibility index (Phi) is 4.84. The van der Waals surface area contributed by atoms with Crippen LogP contribution in [0, 0.1) is 40.5 Å². The van der Waals surface area contributed by atoms with Crippen LogP contribution in [0.25, 0.3) is 0 Å². The second-order valence-corrected chi connectivity index (χ2v) is 6.06. The third kappa shape index (κ3) is 3.53. The zero-order chi connectivity index (χ0) is 20.5. The maximum absolute atomic E-state index is 11.4. The van der Waals surface area contributed by atoms with Crippen LogP contribution in [0.4, 0.5) is 22.7 Å². The minimum absolute atomic E-state index is 0.00458. The van der Waals surface area contributed by atoms with Crippen LogP contribution in [0.5, 0.6) is 0 Å². The van der Waals surface area contributed by atoms with Crippen LogP contribution >= 0.6 is 0 Å². The third-order valence-electron chi connectivity index (χ3n) is 4.12. The van der Waals surface area contributed by atoms with E-state index in [0.717, 1.165) is 36.4 Å².